The van der Waals surface area contributed by atoms with E-state index in [9.17, 15) is 13.2 Å². The Morgan fingerprint density at radius 3 is 1.97 bits per heavy atom. The average molecular weight is 496 g/mol. The van der Waals surface area contributed by atoms with E-state index in [1.54, 1.807) is 19.2 Å². The van der Waals surface area contributed by atoms with Gasteiger partial charge in [-0.2, -0.15) is 0 Å². The Morgan fingerprint density at radius 1 is 0.750 bits per heavy atom. The second-order valence-corrected chi connectivity index (χ2v) is 10.4. The molecule has 0 radical (unpaired) electrons. The van der Waals surface area contributed by atoms with Crippen LogP contribution in [0.15, 0.2) is 114 Å². The van der Waals surface area contributed by atoms with Crippen LogP contribution in [0.3, 0.4) is 0 Å². The fourth-order valence-electron chi connectivity index (χ4n) is 4.38. The van der Waals surface area contributed by atoms with Crippen LogP contribution in [0.2, 0.25) is 0 Å². The van der Waals surface area contributed by atoms with E-state index in [1.165, 1.54) is 6.07 Å². The van der Waals surface area contributed by atoms with Gasteiger partial charge >= 0.3 is 0 Å². The summed E-state index contributed by atoms with van der Waals surface area (Å²) in [6.45, 7) is 0. The van der Waals surface area contributed by atoms with Crippen molar-refractivity contribution in [2.75, 3.05) is 7.11 Å². The van der Waals surface area contributed by atoms with Gasteiger partial charge in [0.1, 0.15) is 5.75 Å². The SMILES string of the molecule is COc1ccc(CC(C(=O)NS(=O)(=O)c2ccc3ccccc3c2)c2ccc3ccccc3c2)cc1. The molecule has 1 N–H and O–H groups in total. The number of fused-ring (bicyclic) bond motifs is 2. The van der Waals surface area contributed by atoms with Crippen molar-refractivity contribution in [1.29, 1.82) is 0 Å². The summed E-state index contributed by atoms with van der Waals surface area (Å²) in [5.74, 6) is -0.572. The van der Waals surface area contributed by atoms with Gasteiger partial charge < -0.3 is 4.74 Å². The van der Waals surface area contributed by atoms with Gasteiger partial charge in [-0.15, -0.1) is 0 Å². The molecule has 0 aromatic heterocycles. The van der Waals surface area contributed by atoms with Crippen LogP contribution in [-0.2, 0) is 21.2 Å². The summed E-state index contributed by atoms with van der Waals surface area (Å²) in [5, 5.41) is 3.75. The van der Waals surface area contributed by atoms with Gasteiger partial charge in [0, 0.05) is 0 Å². The lowest BCUT2D eigenvalue weighted by Gasteiger charge is -2.19. The summed E-state index contributed by atoms with van der Waals surface area (Å²) in [6.07, 6.45) is 0.335. The number of nitrogens with one attached hydrogen (secondary N) is 1. The van der Waals surface area contributed by atoms with Crippen molar-refractivity contribution in [3.63, 3.8) is 0 Å². The lowest BCUT2D eigenvalue weighted by molar-refractivity contribution is -0.120. The van der Waals surface area contributed by atoms with E-state index in [0.29, 0.717) is 12.2 Å². The maximum atomic E-state index is 13.5. The quantitative estimate of drug-likeness (QED) is 0.308. The predicted octanol–water partition coefficient (Wildman–Crippen LogP) is 5.83. The van der Waals surface area contributed by atoms with Crippen LogP contribution in [0.4, 0.5) is 0 Å². The molecule has 0 saturated heterocycles. The zero-order valence-corrected chi connectivity index (χ0v) is 20.5. The van der Waals surface area contributed by atoms with Gasteiger partial charge in [-0.05, 0) is 63.4 Å². The molecule has 6 heteroatoms. The standard InChI is InChI=1S/C30H25NO4S/c1-35-27-15-10-21(11-16-27)18-29(26-13-12-22-6-2-4-8-24(22)19-26)30(32)31-36(33,34)28-17-14-23-7-3-5-9-25(23)20-28/h2-17,19-20,29H,18H2,1H3,(H,31,32). The third kappa shape index (κ3) is 4.95. The Hall–Kier alpha value is -4.16. The van der Waals surface area contributed by atoms with Crippen molar-refractivity contribution in [2.45, 2.75) is 17.2 Å². The third-order valence-electron chi connectivity index (χ3n) is 6.36. The Kier molecular flexibility index (Phi) is 6.44. The highest BCUT2D eigenvalue weighted by atomic mass is 32.2. The number of ether oxygens (including phenoxy) is 1. The van der Waals surface area contributed by atoms with Crippen molar-refractivity contribution < 1.29 is 17.9 Å². The van der Waals surface area contributed by atoms with E-state index >= 15 is 0 Å². The Bertz CT molecular complexity index is 1660. The van der Waals surface area contributed by atoms with Crippen molar-refractivity contribution >= 4 is 37.5 Å². The largest absolute Gasteiger partial charge is 0.497 e. The van der Waals surface area contributed by atoms with E-state index in [0.717, 1.165) is 32.7 Å². The molecule has 5 aromatic carbocycles. The minimum Gasteiger partial charge on any atom is -0.497 e. The highest BCUT2D eigenvalue weighted by molar-refractivity contribution is 7.90. The van der Waals surface area contributed by atoms with E-state index in [-0.39, 0.29) is 4.90 Å². The van der Waals surface area contributed by atoms with Gasteiger partial charge in [-0.1, -0.05) is 84.9 Å². The van der Waals surface area contributed by atoms with Crippen LogP contribution in [0, 0.1) is 0 Å². The first-order valence-corrected chi connectivity index (χ1v) is 13.1. The number of amides is 1. The number of sulfonamides is 1. The molecule has 0 aliphatic rings. The number of benzene rings is 5. The highest BCUT2D eigenvalue weighted by Gasteiger charge is 2.27. The van der Waals surface area contributed by atoms with Crippen LogP contribution < -0.4 is 9.46 Å². The molecule has 180 valence electrons. The first kappa shape index (κ1) is 23.6. The lowest BCUT2D eigenvalue weighted by Crippen LogP contribution is -2.35. The number of methoxy groups -OCH3 is 1. The molecule has 5 rings (SSSR count). The molecule has 0 bridgehead atoms. The second kappa shape index (κ2) is 9.84. The molecule has 1 unspecified atom stereocenters. The second-order valence-electron chi connectivity index (χ2n) is 8.69. The van der Waals surface area contributed by atoms with Crippen LogP contribution >= 0.6 is 0 Å². The molecule has 0 saturated carbocycles. The van der Waals surface area contributed by atoms with Gasteiger partial charge in [-0.25, -0.2) is 13.1 Å². The minimum absolute atomic E-state index is 0.0521. The zero-order valence-electron chi connectivity index (χ0n) is 19.7. The number of hydrogen-bond donors (Lipinski definition) is 1. The minimum atomic E-state index is -4.07. The highest BCUT2D eigenvalue weighted by Crippen LogP contribution is 2.27. The summed E-state index contributed by atoms with van der Waals surface area (Å²) >= 11 is 0. The zero-order chi connectivity index (χ0) is 25.1. The van der Waals surface area contributed by atoms with Crippen LogP contribution in [0.1, 0.15) is 17.0 Å². The monoisotopic (exact) mass is 495 g/mol. The normalized spacial score (nSPS) is 12.4. The number of hydrogen-bond acceptors (Lipinski definition) is 4. The van der Waals surface area contributed by atoms with Crippen molar-refractivity contribution in [2.24, 2.45) is 0 Å². The molecule has 0 fully saturated rings. The Balaban J connectivity index is 1.49. The smallest absolute Gasteiger partial charge is 0.264 e. The summed E-state index contributed by atoms with van der Waals surface area (Å²) in [6, 6.07) is 33.5. The van der Waals surface area contributed by atoms with E-state index in [2.05, 4.69) is 4.72 Å². The molecular formula is C30H25NO4S. The van der Waals surface area contributed by atoms with Crippen LogP contribution in [0.5, 0.6) is 5.75 Å². The summed E-state index contributed by atoms with van der Waals surface area (Å²) in [4.78, 5) is 13.6. The molecule has 1 atom stereocenters. The van der Waals surface area contributed by atoms with Crippen LogP contribution in [0.25, 0.3) is 21.5 Å². The molecule has 1 amide bonds. The summed E-state index contributed by atoms with van der Waals surface area (Å²) in [7, 11) is -2.47. The molecule has 5 nitrogen and oxygen atoms in total. The average Bonchev–Trinajstić information content (AvgIpc) is 2.91. The summed E-state index contributed by atoms with van der Waals surface area (Å²) in [5.41, 5.74) is 1.64. The van der Waals surface area contributed by atoms with Crippen molar-refractivity contribution in [3.8, 4) is 5.75 Å². The molecule has 0 aliphatic carbocycles. The molecule has 0 aliphatic heterocycles. The molecule has 0 heterocycles. The molecule has 0 spiro atoms. The van der Waals surface area contributed by atoms with E-state index < -0.39 is 21.8 Å². The number of rotatable bonds is 7. The van der Waals surface area contributed by atoms with E-state index in [4.69, 9.17) is 4.74 Å². The first-order valence-electron chi connectivity index (χ1n) is 11.6. The van der Waals surface area contributed by atoms with Crippen molar-refractivity contribution in [1.82, 2.24) is 4.72 Å². The number of carbonyl (C=O) groups is 1. The third-order valence-corrected chi connectivity index (χ3v) is 7.70. The predicted molar refractivity (Wildman–Crippen MR) is 143 cm³/mol. The molecule has 5 aromatic rings. The maximum absolute atomic E-state index is 13.5. The van der Waals surface area contributed by atoms with Gasteiger partial charge in [0.2, 0.25) is 5.91 Å². The Morgan fingerprint density at radius 2 is 1.33 bits per heavy atom. The van der Waals surface area contributed by atoms with Gasteiger partial charge in [0.05, 0.1) is 17.9 Å². The van der Waals surface area contributed by atoms with Crippen molar-refractivity contribution in [3.05, 3.63) is 120 Å². The number of carbonyl (C=O) groups excluding carboxylic acids is 1. The van der Waals surface area contributed by atoms with Gasteiger partial charge in [0.25, 0.3) is 10.0 Å². The summed E-state index contributed by atoms with van der Waals surface area (Å²) < 4.78 is 34.0. The van der Waals surface area contributed by atoms with Gasteiger partial charge in [-0.3, -0.25) is 4.79 Å². The topological polar surface area (TPSA) is 72.5 Å². The maximum Gasteiger partial charge on any atom is 0.264 e. The first-order chi connectivity index (χ1) is 17.4. The molecule has 36 heavy (non-hydrogen) atoms. The van der Waals surface area contributed by atoms with Gasteiger partial charge in [0.15, 0.2) is 0 Å². The fourth-order valence-corrected chi connectivity index (χ4v) is 5.44. The Labute approximate surface area is 210 Å². The van der Waals surface area contributed by atoms with E-state index in [1.807, 2.05) is 91.0 Å². The lowest BCUT2D eigenvalue weighted by atomic mass is 9.90. The van der Waals surface area contributed by atoms with Crippen LogP contribution in [-0.4, -0.2) is 21.4 Å². The molecular weight excluding hydrogens is 470 g/mol. The fraction of sp³-hybridized carbons (Fsp3) is 0.100.